The van der Waals surface area contributed by atoms with Crippen molar-refractivity contribution in [2.24, 2.45) is 0 Å². The second-order valence-corrected chi connectivity index (χ2v) is 7.53. The first-order chi connectivity index (χ1) is 13.9. The van der Waals surface area contributed by atoms with Gasteiger partial charge in [0.1, 0.15) is 25.3 Å². The maximum absolute atomic E-state index is 13.2. The van der Waals surface area contributed by atoms with Gasteiger partial charge < -0.3 is 19.7 Å². The Morgan fingerprint density at radius 3 is 2.69 bits per heavy atom. The van der Waals surface area contributed by atoms with Crippen molar-refractivity contribution in [2.45, 2.75) is 38.6 Å². The van der Waals surface area contributed by atoms with E-state index in [1.54, 1.807) is 30.0 Å². The molecule has 1 N–H and O–H groups in total. The number of hydrogen-bond acceptors (Lipinski definition) is 5. The number of allylic oxidation sites excluding steroid dienone is 2. The number of nitrogens with zero attached hydrogens (tertiary/aromatic N) is 2. The van der Waals surface area contributed by atoms with E-state index < -0.39 is 17.5 Å². The van der Waals surface area contributed by atoms with Gasteiger partial charge in [-0.3, -0.25) is 14.5 Å². The Kier molecular flexibility index (Phi) is 4.94. The van der Waals surface area contributed by atoms with Gasteiger partial charge in [0.05, 0.1) is 0 Å². The van der Waals surface area contributed by atoms with Gasteiger partial charge in [0, 0.05) is 12.2 Å². The van der Waals surface area contributed by atoms with Gasteiger partial charge in [0.15, 0.2) is 11.5 Å². The Labute approximate surface area is 169 Å². The van der Waals surface area contributed by atoms with Gasteiger partial charge in [-0.2, -0.15) is 0 Å². The zero-order chi connectivity index (χ0) is 20.6. The zero-order valence-corrected chi connectivity index (χ0v) is 16.7. The average molecular weight is 399 g/mol. The molecule has 8 heteroatoms. The van der Waals surface area contributed by atoms with E-state index in [2.05, 4.69) is 5.32 Å². The van der Waals surface area contributed by atoms with Crippen molar-refractivity contribution in [1.29, 1.82) is 0 Å². The summed E-state index contributed by atoms with van der Waals surface area (Å²) in [6.07, 6.45) is 4.86. The highest BCUT2D eigenvalue weighted by atomic mass is 16.6. The minimum Gasteiger partial charge on any atom is -0.486 e. The Bertz CT molecular complexity index is 896. The van der Waals surface area contributed by atoms with Crippen molar-refractivity contribution in [3.63, 3.8) is 0 Å². The van der Waals surface area contributed by atoms with Gasteiger partial charge in [0.25, 0.3) is 5.91 Å². The summed E-state index contributed by atoms with van der Waals surface area (Å²) in [5, 5.41) is 2.74. The van der Waals surface area contributed by atoms with Crippen LogP contribution in [0, 0.1) is 0 Å². The molecule has 2 aliphatic heterocycles. The molecule has 1 saturated heterocycles. The number of ether oxygens (including phenoxy) is 2. The highest BCUT2D eigenvalue weighted by Crippen LogP contribution is 2.37. The standard InChI is InChI=1S/C21H25N3O5/c1-3-23(15-6-4-5-7-15)18(25)13-24-19(26)21(2,22-20(24)27)14-8-9-16-17(12-14)29-11-10-28-16/h6,8-9,12H,3-5,7,10-11,13H2,1-2H3,(H,22,27)/t21-/m0/s1. The minimum atomic E-state index is -1.27. The summed E-state index contributed by atoms with van der Waals surface area (Å²) < 4.78 is 11.1. The third-order valence-electron chi connectivity index (χ3n) is 5.67. The molecule has 154 valence electrons. The molecule has 0 aromatic heterocycles. The fourth-order valence-corrected chi connectivity index (χ4v) is 4.05. The lowest BCUT2D eigenvalue weighted by atomic mass is 9.91. The quantitative estimate of drug-likeness (QED) is 0.767. The Balaban J connectivity index is 1.54. The molecule has 0 unspecified atom stereocenters. The first-order valence-electron chi connectivity index (χ1n) is 9.97. The Hall–Kier alpha value is -3.03. The SMILES string of the molecule is CCN(C(=O)CN1C(=O)N[C@@](C)(c2ccc3c(c2)OCCO3)C1=O)C1=CCCC1. The normalized spacial score (nSPS) is 23.1. The zero-order valence-electron chi connectivity index (χ0n) is 16.7. The molecule has 4 rings (SSSR count). The Morgan fingerprint density at radius 1 is 1.24 bits per heavy atom. The van der Waals surface area contributed by atoms with E-state index in [9.17, 15) is 14.4 Å². The van der Waals surface area contributed by atoms with E-state index in [1.165, 1.54) is 0 Å². The van der Waals surface area contributed by atoms with Crippen LogP contribution < -0.4 is 14.8 Å². The summed E-state index contributed by atoms with van der Waals surface area (Å²) in [7, 11) is 0. The molecule has 1 atom stereocenters. The number of carbonyl (C=O) groups excluding carboxylic acids is 3. The van der Waals surface area contributed by atoms with Crippen LogP contribution in [-0.4, -0.2) is 53.9 Å². The third-order valence-corrected chi connectivity index (χ3v) is 5.67. The third kappa shape index (κ3) is 3.32. The summed E-state index contributed by atoms with van der Waals surface area (Å²) in [5.74, 6) is 0.437. The van der Waals surface area contributed by atoms with E-state index in [0.717, 1.165) is 29.9 Å². The summed E-state index contributed by atoms with van der Waals surface area (Å²) in [6.45, 7) is 4.66. The second kappa shape index (κ2) is 7.42. The molecule has 0 bridgehead atoms. The molecule has 0 spiro atoms. The van der Waals surface area contributed by atoms with Gasteiger partial charge in [-0.15, -0.1) is 0 Å². The molecule has 1 aromatic rings. The monoisotopic (exact) mass is 399 g/mol. The number of amides is 4. The molecular weight excluding hydrogens is 374 g/mol. The van der Waals surface area contributed by atoms with E-state index in [4.69, 9.17) is 9.47 Å². The van der Waals surface area contributed by atoms with Crippen molar-refractivity contribution in [3.8, 4) is 11.5 Å². The van der Waals surface area contributed by atoms with Crippen LogP contribution in [0.4, 0.5) is 4.79 Å². The van der Waals surface area contributed by atoms with Crippen molar-refractivity contribution in [2.75, 3.05) is 26.3 Å². The number of benzene rings is 1. The van der Waals surface area contributed by atoms with E-state index in [1.807, 2.05) is 13.0 Å². The summed E-state index contributed by atoms with van der Waals surface area (Å²) in [4.78, 5) is 41.2. The lowest BCUT2D eigenvalue weighted by Gasteiger charge is -2.26. The summed E-state index contributed by atoms with van der Waals surface area (Å²) in [5.41, 5.74) is 0.289. The minimum absolute atomic E-state index is 0.254. The lowest BCUT2D eigenvalue weighted by Crippen LogP contribution is -2.44. The average Bonchev–Trinajstić information content (AvgIpc) is 3.32. The number of likely N-dealkylation sites (N-methyl/N-ethyl adjacent to an activating group) is 1. The highest BCUT2D eigenvalue weighted by Gasteiger charge is 2.50. The second-order valence-electron chi connectivity index (χ2n) is 7.53. The van der Waals surface area contributed by atoms with E-state index in [-0.39, 0.29) is 12.5 Å². The molecule has 1 fully saturated rings. The molecule has 4 amide bonds. The van der Waals surface area contributed by atoms with Crippen LogP contribution in [0.25, 0.3) is 0 Å². The van der Waals surface area contributed by atoms with Gasteiger partial charge in [0.2, 0.25) is 5.91 Å². The predicted molar refractivity (Wildman–Crippen MR) is 104 cm³/mol. The van der Waals surface area contributed by atoms with Crippen LogP contribution in [0.15, 0.2) is 30.0 Å². The van der Waals surface area contributed by atoms with Crippen molar-refractivity contribution < 1.29 is 23.9 Å². The number of urea groups is 1. The molecule has 0 radical (unpaired) electrons. The largest absolute Gasteiger partial charge is 0.486 e. The molecule has 29 heavy (non-hydrogen) atoms. The number of nitrogens with one attached hydrogen (secondary N) is 1. The number of hydrogen-bond donors (Lipinski definition) is 1. The fraction of sp³-hybridized carbons (Fsp3) is 0.476. The maximum atomic E-state index is 13.2. The van der Waals surface area contributed by atoms with Crippen LogP contribution in [0.1, 0.15) is 38.7 Å². The van der Waals surface area contributed by atoms with Crippen LogP contribution in [0.3, 0.4) is 0 Å². The van der Waals surface area contributed by atoms with Crippen molar-refractivity contribution in [3.05, 3.63) is 35.5 Å². The van der Waals surface area contributed by atoms with Gasteiger partial charge in [-0.1, -0.05) is 12.1 Å². The van der Waals surface area contributed by atoms with E-state index in [0.29, 0.717) is 36.8 Å². The van der Waals surface area contributed by atoms with Gasteiger partial charge in [-0.05, 0) is 50.8 Å². The van der Waals surface area contributed by atoms with Crippen LogP contribution >= 0.6 is 0 Å². The van der Waals surface area contributed by atoms with Gasteiger partial charge in [-0.25, -0.2) is 4.79 Å². The van der Waals surface area contributed by atoms with Crippen LogP contribution in [0.5, 0.6) is 11.5 Å². The Morgan fingerprint density at radius 2 is 2.00 bits per heavy atom. The number of carbonyl (C=O) groups is 3. The maximum Gasteiger partial charge on any atom is 0.325 e. The van der Waals surface area contributed by atoms with E-state index >= 15 is 0 Å². The molecule has 3 aliphatic rings. The highest BCUT2D eigenvalue weighted by molar-refractivity contribution is 6.09. The smallest absolute Gasteiger partial charge is 0.325 e. The van der Waals surface area contributed by atoms with Crippen LogP contribution in [0.2, 0.25) is 0 Å². The molecule has 0 saturated carbocycles. The van der Waals surface area contributed by atoms with Crippen molar-refractivity contribution >= 4 is 17.8 Å². The number of rotatable bonds is 5. The first-order valence-corrected chi connectivity index (χ1v) is 9.97. The topological polar surface area (TPSA) is 88.2 Å². The summed E-state index contributed by atoms with van der Waals surface area (Å²) in [6, 6.07) is 4.60. The van der Waals surface area contributed by atoms with Gasteiger partial charge >= 0.3 is 6.03 Å². The molecular formula is C21H25N3O5. The molecule has 2 heterocycles. The van der Waals surface area contributed by atoms with Crippen LogP contribution in [-0.2, 0) is 15.1 Å². The predicted octanol–water partition coefficient (Wildman–Crippen LogP) is 2.14. The fourth-order valence-electron chi connectivity index (χ4n) is 4.05. The number of fused-ring (bicyclic) bond motifs is 1. The lowest BCUT2D eigenvalue weighted by molar-refractivity contribution is -0.137. The number of imide groups is 1. The van der Waals surface area contributed by atoms with Crippen molar-refractivity contribution in [1.82, 2.24) is 15.1 Å². The molecule has 8 nitrogen and oxygen atoms in total. The summed E-state index contributed by atoms with van der Waals surface area (Å²) >= 11 is 0. The molecule has 1 aromatic carbocycles. The first kappa shape index (κ1) is 19.3. The molecule has 1 aliphatic carbocycles.